The first-order chi connectivity index (χ1) is 6.23. The molecule has 0 aromatic heterocycles. The summed E-state index contributed by atoms with van der Waals surface area (Å²) in [5, 5.41) is 0. The monoisotopic (exact) mass is 178 g/mol. The summed E-state index contributed by atoms with van der Waals surface area (Å²) >= 11 is 0. The lowest BCUT2D eigenvalue weighted by Gasteiger charge is -2.60. The van der Waals surface area contributed by atoms with Gasteiger partial charge < -0.3 is 0 Å². The molecule has 0 aliphatic heterocycles. The second-order valence-corrected chi connectivity index (χ2v) is 6.11. The summed E-state index contributed by atoms with van der Waals surface area (Å²) in [5.74, 6) is 4.43. The van der Waals surface area contributed by atoms with Gasteiger partial charge >= 0.3 is 0 Å². The third-order valence-corrected chi connectivity index (χ3v) is 5.71. The summed E-state index contributed by atoms with van der Waals surface area (Å²) in [6.07, 6.45) is 9.37. The van der Waals surface area contributed by atoms with Crippen LogP contribution in [0.4, 0.5) is 0 Å². The van der Waals surface area contributed by atoms with E-state index in [1.807, 2.05) is 0 Å². The van der Waals surface area contributed by atoms with Gasteiger partial charge in [0.2, 0.25) is 0 Å². The lowest BCUT2D eigenvalue weighted by molar-refractivity contribution is -0.103. The molecule has 4 saturated carbocycles. The molecular formula is C13H22. The van der Waals surface area contributed by atoms with Gasteiger partial charge in [-0.3, -0.25) is 0 Å². The van der Waals surface area contributed by atoms with Crippen LogP contribution in [0.15, 0.2) is 0 Å². The summed E-state index contributed by atoms with van der Waals surface area (Å²) in [6.45, 7) is 4.98. The molecule has 0 aromatic carbocycles. The van der Waals surface area contributed by atoms with E-state index < -0.39 is 0 Å². The first-order valence-corrected chi connectivity index (χ1v) is 6.23. The van der Waals surface area contributed by atoms with Gasteiger partial charge in [-0.2, -0.15) is 0 Å². The predicted octanol–water partition coefficient (Wildman–Crippen LogP) is 3.86. The summed E-state index contributed by atoms with van der Waals surface area (Å²) < 4.78 is 0. The van der Waals surface area contributed by atoms with Crippen LogP contribution in [0.5, 0.6) is 0 Å². The Bertz CT molecular complexity index is 204. The third-order valence-electron chi connectivity index (χ3n) is 5.71. The zero-order chi connectivity index (χ0) is 9.05. The molecule has 3 unspecified atom stereocenters. The lowest BCUT2D eigenvalue weighted by Crippen LogP contribution is -2.51. The highest BCUT2D eigenvalue weighted by molar-refractivity contribution is 5.04. The molecule has 3 atom stereocenters. The fourth-order valence-corrected chi connectivity index (χ4v) is 5.07. The van der Waals surface area contributed by atoms with Gasteiger partial charge in [0.1, 0.15) is 0 Å². The van der Waals surface area contributed by atoms with Crippen LogP contribution >= 0.6 is 0 Å². The molecule has 4 bridgehead atoms. The Morgan fingerprint density at radius 3 is 2.23 bits per heavy atom. The maximum absolute atomic E-state index is 2.55. The average molecular weight is 178 g/mol. The minimum atomic E-state index is 0.800. The minimum Gasteiger partial charge on any atom is -0.0648 e. The molecule has 4 aliphatic carbocycles. The summed E-state index contributed by atoms with van der Waals surface area (Å²) in [5.41, 5.74) is 0.800. The Morgan fingerprint density at radius 2 is 1.69 bits per heavy atom. The average Bonchev–Trinajstić information content (AvgIpc) is 2.12. The van der Waals surface area contributed by atoms with Crippen molar-refractivity contribution < 1.29 is 0 Å². The van der Waals surface area contributed by atoms with E-state index in [0.29, 0.717) is 0 Å². The van der Waals surface area contributed by atoms with Crippen molar-refractivity contribution in [3.63, 3.8) is 0 Å². The van der Waals surface area contributed by atoms with E-state index in [9.17, 15) is 0 Å². The largest absolute Gasteiger partial charge is 0.0648 e. The van der Waals surface area contributed by atoms with Crippen LogP contribution in [0.3, 0.4) is 0 Å². The van der Waals surface area contributed by atoms with Gasteiger partial charge in [-0.15, -0.1) is 0 Å². The number of hydrogen-bond donors (Lipinski definition) is 0. The van der Waals surface area contributed by atoms with Crippen LogP contribution < -0.4 is 0 Å². The molecule has 4 fully saturated rings. The molecule has 0 spiro atoms. The minimum absolute atomic E-state index is 0.800. The Labute approximate surface area is 82.1 Å². The molecule has 0 heteroatoms. The standard InChI is InChI=1S/C13H22/c1-3-13-7-10-4-11(8-13)6-12(5-10)9(13)2/h9-12H,3-8H2,1-2H3. The van der Waals surface area contributed by atoms with Crippen LogP contribution in [0.1, 0.15) is 52.4 Å². The van der Waals surface area contributed by atoms with Gasteiger partial charge in [-0.25, -0.2) is 0 Å². The molecule has 0 radical (unpaired) electrons. The van der Waals surface area contributed by atoms with Crippen LogP contribution in [0.25, 0.3) is 0 Å². The van der Waals surface area contributed by atoms with Gasteiger partial charge in [0.05, 0.1) is 0 Å². The van der Waals surface area contributed by atoms with Gasteiger partial charge in [0.25, 0.3) is 0 Å². The highest BCUT2D eigenvalue weighted by atomic mass is 14.6. The van der Waals surface area contributed by atoms with Gasteiger partial charge in [0, 0.05) is 0 Å². The quantitative estimate of drug-likeness (QED) is 0.572. The zero-order valence-electron chi connectivity index (χ0n) is 9.05. The highest BCUT2D eigenvalue weighted by Crippen LogP contribution is 2.63. The molecule has 0 saturated heterocycles. The van der Waals surface area contributed by atoms with Crippen molar-refractivity contribution in [3.05, 3.63) is 0 Å². The Hall–Kier alpha value is 0. The first-order valence-electron chi connectivity index (χ1n) is 6.23. The fraction of sp³-hybridized carbons (Fsp3) is 1.00. The Kier molecular flexibility index (Phi) is 1.61. The third kappa shape index (κ3) is 0.980. The zero-order valence-corrected chi connectivity index (χ0v) is 9.05. The Morgan fingerprint density at radius 1 is 1.08 bits per heavy atom. The van der Waals surface area contributed by atoms with Gasteiger partial charge in [0.15, 0.2) is 0 Å². The second kappa shape index (κ2) is 2.52. The predicted molar refractivity (Wildman–Crippen MR) is 55.4 cm³/mol. The molecule has 0 aromatic rings. The molecule has 13 heavy (non-hydrogen) atoms. The lowest BCUT2D eigenvalue weighted by atomic mass is 9.45. The summed E-state index contributed by atoms with van der Waals surface area (Å²) in [6, 6.07) is 0. The molecule has 0 nitrogen and oxygen atoms in total. The number of rotatable bonds is 1. The van der Waals surface area contributed by atoms with E-state index in [-0.39, 0.29) is 0 Å². The summed E-state index contributed by atoms with van der Waals surface area (Å²) in [4.78, 5) is 0. The van der Waals surface area contributed by atoms with Crippen LogP contribution in [-0.2, 0) is 0 Å². The van der Waals surface area contributed by atoms with Crippen LogP contribution in [0.2, 0.25) is 0 Å². The van der Waals surface area contributed by atoms with Crippen LogP contribution in [-0.4, -0.2) is 0 Å². The van der Waals surface area contributed by atoms with E-state index in [0.717, 1.165) is 29.1 Å². The molecular weight excluding hydrogens is 156 g/mol. The highest BCUT2D eigenvalue weighted by Gasteiger charge is 2.53. The molecule has 0 heterocycles. The maximum atomic E-state index is 2.55. The van der Waals surface area contributed by atoms with Gasteiger partial charge in [-0.05, 0) is 61.2 Å². The van der Waals surface area contributed by atoms with E-state index in [2.05, 4.69) is 13.8 Å². The molecule has 4 aliphatic rings. The SMILES string of the molecule is CCC12CC3CC(CC(C3)C1C)C2. The van der Waals surface area contributed by atoms with Crippen molar-refractivity contribution >= 4 is 0 Å². The molecule has 0 N–H and O–H groups in total. The topological polar surface area (TPSA) is 0 Å². The van der Waals surface area contributed by atoms with E-state index in [4.69, 9.17) is 0 Å². The number of hydrogen-bond acceptors (Lipinski definition) is 0. The van der Waals surface area contributed by atoms with Crippen molar-refractivity contribution in [2.75, 3.05) is 0 Å². The van der Waals surface area contributed by atoms with Crippen molar-refractivity contribution in [2.45, 2.75) is 52.4 Å². The summed E-state index contributed by atoms with van der Waals surface area (Å²) in [7, 11) is 0. The van der Waals surface area contributed by atoms with Gasteiger partial charge in [-0.1, -0.05) is 20.3 Å². The van der Waals surface area contributed by atoms with Crippen molar-refractivity contribution in [1.82, 2.24) is 0 Å². The Balaban J connectivity index is 1.95. The van der Waals surface area contributed by atoms with Crippen molar-refractivity contribution in [2.24, 2.45) is 29.1 Å². The second-order valence-electron chi connectivity index (χ2n) is 6.11. The molecule has 4 rings (SSSR count). The normalized spacial score (nSPS) is 58.6. The van der Waals surface area contributed by atoms with Crippen LogP contribution in [0, 0.1) is 29.1 Å². The smallest absolute Gasteiger partial charge is 0.0266 e. The van der Waals surface area contributed by atoms with E-state index in [1.165, 1.54) is 6.42 Å². The van der Waals surface area contributed by atoms with Crippen molar-refractivity contribution in [1.29, 1.82) is 0 Å². The first kappa shape index (κ1) is 8.32. The maximum Gasteiger partial charge on any atom is -0.0266 e. The van der Waals surface area contributed by atoms with Crippen molar-refractivity contribution in [3.8, 4) is 0 Å². The fourth-order valence-electron chi connectivity index (χ4n) is 5.07. The van der Waals surface area contributed by atoms with E-state index in [1.54, 1.807) is 32.1 Å². The molecule has 0 amide bonds. The molecule has 74 valence electrons. The van der Waals surface area contributed by atoms with E-state index >= 15 is 0 Å².